The van der Waals surface area contributed by atoms with Crippen molar-refractivity contribution in [1.82, 2.24) is 15.2 Å². The summed E-state index contributed by atoms with van der Waals surface area (Å²) in [6.07, 6.45) is 5.89. The number of aromatic nitrogens is 1. The summed E-state index contributed by atoms with van der Waals surface area (Å²) in [5.41, 5.74) is 11.3. The number of hydrogen-bond acceptors (Lipinski definition) is 6. The van der Waals surface area contributed by atoms with E-state index < -0.39 is 6.03 Å². The summed E-state index contributed by atoms with van der Waals surface area (Å²) >= 11 is 1.20. The zero-order valence-electron chi connectivity index (χ0n) is 24.1. The summed E-state index contributed by atoms with van der Waals surface area (Å²) in [5, 5.41) is 3.46. The minimum atomic E-state index is -0.637. The molecule has 220 valence electrons. The highest BCUT2D eigenvalue weighted by Crippen LogP contribution is 2.44. The highest BCUT2D eigenvalue weighted by atomic mass is 32.1. The molecule has 2 aromatic carbocycles. The van der Waals surface area contributed by atoms with Gasteiger partial charge in [-0.25, -0.2) is 19.5 Å². The topological polar surface area (TPSA) is 118 Å². The molecule has 6 rings (SSSR count). The number of carbonyl (C=O) groups is 3. The second-order valence-corrected chi connectivity index (χ2v) is 12.7. The first-order chi connectivity index (χ1) is 20.3. The predicted molar refractivity (Wildman–Crippen MR) is 163 cm³/mol. The van der Waals surface area contributed by atoms with Crippen molar-refractivity contribution in [3.05, 3.63) is 64.0 Å². The monoisotopic (exact) mass is 587 g/mol. The van der Waals surface area contributed by atoms with E-state index in [9.17, 15) is 14.4 Å². The van der Waals surface area contributed by atoms with Gasteiger partial charge in [0.15, 0.2) is 5.13 Å². The molecule has 2 saturated carbocycles. The number of rotatable bonds is 8. The molecule has 0 atom stereocenters. The van der Waals surface area contributed by atoms with E-state index in [0.717, 1.165) is 55.2 Å². The van der Waals surface area contributed by atoms with Crippen LogP contribution < -0.4 is 16.0 Å². The van der Waals surface area contributed by atoms with Gasteiger partial charge in [0.1, 0.15) is 4.88 Å². The summed E-state index contributed by atoms with van der Waals surface area (Å²) in [5.74, 6) is 1.12. The van der Waals surface area contributed by atoms with Crippen molar-refractivity contribution >= 4 is 40.2 Å². The van der Waals surface area contributed by atoms with Crippen molar-refractivity contribution in [2.24, 2.45) is 11.7 Å². The Morgan fingerprint density at radius 2 is 1.74 bits per heavy atom. The van der Waals surface area contributed by atoms with E-state index in [1.807, 2.05) is 31.2 Å². The zero-order valence-corrected chi connectivity index (χ0v) is 24.9. The fourth-order valence-corrected chi connectivity index (χ4v) is 6.74. The first-order valence-corrected chi connectivity index (χ1v) is 15.6. The summed E-state index contributed by atoms with van der Waals surface area (Å²) in [6.45, 7) is 3.84. The summed E-state index contributed by atoms with van der Waals surface area (Å²) < 4.78 is 4.89. The standard InChI is InChI=1S/C32H37N5O4S/c1-19-6-9-24(21-10-11-21)17-26(19)37(30(33)39)31-35-27(28(42-31)29(38)34-18-20-7-8-20)25-5-3-4-23(16-25)22-12-14-36(15-13-22)32(40)41-2/h3-6,9,16-17,20-22H,7-8,10-15,18H2,1-2H3,(H2,33,39)(H,34,38). The summed E-state index contributed by atoms with van der Waals surface area (Å²) in [4.78, 5) is 47.0. The molecule has 3 aliphatic rings. The number of ether oxygens (including phenoxy) is 1. The molecule has 0 radical (unpaired) electrons. The molecule has 0 bridgehead atoms. The number of piperidine rings is 1. The molecule has 1 saturated heterocycles. The fourth-order valence-electron chi connectivity index (χ4n) is 5.71. The Hall–Kier alpha value is -3.92. The minimum Gasteiger partial charge on any atom is -0.453 e. The van der Waals surface area contributed by atoms with Crippen molar-refractivity contribution in [3.63, 3.8) is 0 Å². The van der Waals surface area contributed by atoms with Gasteiger partial charge in [-0.3, -0.25) is 4.79 Å². The van der Waals surface area contributed by atoms with Gasteiger partial charge in [0.25, 0.3) is 5.91 Å². The quantitative estimate of drug-likeness (QED) is 0.321. The number of primary amides is 1. The zero-order chi connectivity index (χ0) is 29.4. The van der Waals surface area contributed by atoms with Crippen LogP contribution in [0.15, 0.2) is 42.5 Å². The number of anilines is 2. The molecule has 42 heavy (non-hydrogen) atoms. The lowest BCUT2D eigenvalue weighted by atomic mass is 9.88. The van der Waals surface area contributed by atoms with Crippen LogP contribution in [-0.2, 0) is 4.74 Å². The van der Waals surface area contributed by atoms with Gasteiger partial charge >= 0.3 is 12.1 Å². The number of hydrogen-bond donors (Lipinski definition) is 2. The minimum absolute atomic E-state index is 0.190. The van der Waals surface area contributed by atoms with Crippen LogP contribution in [0, 0.1) is 12.8 Å². The number of likely N-dealkylation sites (tertiary alicyclic amines) is 1. The number of thiazole rings is 1. The first-order valence-electron chi connectivity index (χ1n) is 14.7. The number of amides is 4. The largest absolute Gasteiger partial charge is 0.453 e. The van der Waals surface area contributed by atoms with E-state index in [1.165, 1.54) is 28.9 Å². The maximum absolute atomic E-state index is 13.5. The Labute approximate surface area is 250 Å². The van der Waals surface area contributed by atoms with Gasteiger partial charge in [-0.05, 0) is 92.0 Å². The van der Waals surface area contributed by atoms with E-state index in [-0.39, 0.29) is 17.9 Å². The normalized spacial score (nSPS) is 17.1. The third-order valence-corrected chi connectivity index (χ3v) is 9.60. The maximum atomic E-state index is 13.5. The number of nitrogens with two attached hydrogens (primary N) is 1. The molecule has 3 aromatic rings. The lowest BCUT2D eigenvalue weighted by Crippen LogP contribution is -2.37. The van der Waals surface area contributed by atoms with Gasteiger partial charge in [0, 0.05) is 25.2 Å². The average Bonchev–Trinajstić information content (AvgIpc) is 3.95. The van der Waals surface area contributed by atoms with Crippen LogP contribution >= 0.6 is 11.3 Å². The lowest BCUT2D eigenvalue weighted by Gasteiger charge is -2.31. The van der Waals surface area contributed by atoms with Crippen LogP contribution in [0.5, 0.6) is 0 Å². The van der Waals surface area contributed by atoms with E-state index in [4.69, 9.17) is 15.5 Å². The summed E-state index contributed by atoms with van der Waals surface area (Å²) in [7, 11) is 1.41. The van der Waals surface area contributed by atoms with Crippen molar-refractivity contribution in [1.29, 1.82) is 0 Å². The molecule has 2 aliphatic carbocycles. The first kappa shape index (κ1) is 28.2. The predicted octanol–water partition coefficient (Wildman–Crippen LogP) is 6.30. The van der Waals surface area contributed by atoms with Gasteiger partial charge in [-0.1, -0.05) is 41.7 Å². The molecule has 4 amide bonds. The highest BCUT2D eigenvalue weighted by molar-refractivity contribution is 7.18. The number of benzene rings is 2. The van der Waals surface area contributed by atoms with Crippen LogP contribution in [0.1, 0.15) is 76.7 Å². The molecule has 0 spiro atoms. The van der Waals surface area contributed by atoms with Gasteiger partial charge in [-0.2, -0.15) is 0 Å². The Kier molecular flexibility index (Phi) is 7.90. The average molecular weight is 588 g/mol. The Morgan fingerprint density at radius 3 is 2.40 bits per heavy atom. The smallest absolute Gasteiger partial charge is 0.409 e. The molecule has 9 nitrogen and oxygen atoms in total. The third-order valence-electron chi connectivity index (χ3n) is 8.56. The van der Waals surface area contributed by atoms with E-state index in [2.05, 4.69) is 23.5 Å². The van der Waals surface area contributed by atoms with Crippen LogP contribution in [0.3, 0.4) is 0 Å². The molecular weight excluding hydrogens is 550 g/mol. The van der Waals surface area contributed by atoms with Crippen molar-refractivity contribution in [2.45, 2.75) is 57.3 Å². The number of methoxy groups -OCH3 is 1. The molecule has 1 aliphatic heterocycles. The molecule has 10 heteroatoms. The molecule has 1 aromatic heterocycles. The number of nitrogens with zero attached hydrogens (tertiary/aromatic N) is 3. The van der Waals surface area contributed by atoms with Crippen LogP contribution in [0.4, 0.5) is 20.4 Å². The van der Waals surface area contributed by atoms with E-state index >= 15 is 0 Å². The van der Waals surface area contributed by atoms with E-state index in [1.54, 1.807) is 4.90 Å². The molecule has 2 heterocycles. The highest BCUT2D eigenvalue weighted by Gasteiger charge is 2.31. The molecule has 3 fully saturated rings. The van der Waals surface area contributed by atoms with Crippen LogP contribution in [-0.4, -0.2) is 54.7 Å². The number of aryl methyl sites for hydroxylation is 1. The SMILES string of the molecule is COC(=O)N1CCC(c2cccc(-c3nc(N(C(N)=O)c4cc(C5CC5)ccc4C)sc3C(=O)NCC3CC3)c2)CC1. The maximum Gasteiger partial charge on any atom is 0.409 e. The molecule has 3 N–H and O–H groups in total. The van der Waals surface area contributed by atoms with Crippen molar-refractivity contribution < 1.29 is 19.1 Å². The number of urea groups is 1. The van der Waals surface area contributed by atoms with Crippen LogP contribution in [0.25, 0.3) is 11.3 Å². The van der Waals surface area contributed by atoms with Gasteiger partial charge in [0.2, 0.25) is 0 Å². The number of nitrogens with one attached hydrogen (secondary N) is 1. The second-order valence-electron chi connectivity index (χ2n) is 11.7. The van der Waals surface area contributed by atoms with Crippen molar-refractivity contribution in [2.75, 3.05) is 31.6 Å². The Balaban J connectivity index is 1.35. The molecular formula is C32H37N5O4S. The van der Waals surface area contributed by atoms with Gasteiger partial charge < -0.3 is 20.7 Å². The number of carbonyl (C=O) groups excluding carboxylic acids is 3. The van der Waals surface area contributed by atoms with Gasteiger partial charge in [0.05, 0.1) is 18.5 Å². The Morgan fingerprint density at radius 1 is 1.02 bits per heavy atom. The molecule has 0 unspecified atom stereocenters. The third kappa shape index (κ3) is 5.99. The fraction of sp³-hybridized carbons (Fsp3) is 0.438. The Bertz CT molecular complexity index is 1500. The van der Waals surface area contributed by atoms with Crippen LogP contribution in [0.2, 0.25) is 0 Å². The van der Waals surface area contributed by atoms with E-state index in [0.29, 0.717) is 52.9 Å². The lowest BCUT2D eigenvalue weighted by molar-refractivity contribution is 0.0956. The van der Waals surface area contributed by atoms with Gasteiger partial charge in [-0.15, -0.1) is 0 Å². The summed E-state index contributed by atoms with van der Waals surface area (Å²) in [6, 6.07) is 13.6. The van der Waals surface area contributed by atoms with Crippen molar-refractivity contribution in [3.8, 4) is 11.3 Å². The second kappa shape index (κ2) is 11.8.